The summed E-state index contributed by atoms with van der Waals surface area (Å²) in [5, 5.41) is 8.89. The number of rotatable bonds is 8. The first-order chi connectivity index (χ1) is 14.2. The SMILES string of the molecule is CCOC(=O)C1(Cc2ccc(Oc3ccc(S(C)(=O)=O)cc3)cc2)CC1C(=O)NO. The van der Waals surface area contributed by atoms with E-state index in [0.717, 1.165) is 11.8 Å². The van der Waals surface area contributed by atoms with Crippen LogP contribution >= 0.6 is 0 Å². The van der Waals surface area contributed by atoms with E-state index in [4.69, 9.17) is 14.7 Å². The van der Waals surface area contributed by atoms with Crippen molar-refractivity contribution in [2.24, 2.45) is 11.3 Å². The number of carbonyl (C=O) groups excluding carboxylic acids is 2. The highest BCUT2D eigenvalue weighted by Gasteiger charge is 2.64. The molecule has 1 amide bonds. The third-order valence-electron chi connectivity index (χ3n) is 5.11. The van der Waals surface area contributed by atoms with Gasteiger partial charge in [-0.25, -0.2) is 13.9 Å². The number of amides is 1. The lowest BCUT2D eigenvalue weighted by molar-refractivity contribution is -0.152. The molecule has 9 heteroatoms. The van der Waals surface area contributed by atoms with Crippen molar-refractivity contribution < 1.29 is 32.7 Å². The average Bonchev–Trinajstić information content (AvgIpc) is 3.44. The van der Waals surface area contributed by atoms with Crippen LogP contribution in [0.4, 0.5) is 0 Å². The van der Waals surface area contributed by atoms with Gasteiger partial charge in [-0.2, -0.15) is 0 Å². The molecule has 2 aromatic rings. The van der Waals surface area contributed by atoms with Crippen molar-refractivity contribution in [2.45, 2.75) is 24.7 Å². The van der Waals surface area contributed by atoms with Crippen molar-refractivity contribution in [3.8, 4) is 11.5 Å². The Balaban J connectivity index is 1.70. The number of hydrogen-bond donors (Lipinski definition) is 2. The van der Waals surface area contributed by atoms with Crippen molar-refractivity contribution >= 4 is 21.7 Å². The fourth-order valence-electron chi connectivity index (χ4n) is 3.43. The lowest BCUT2D eigenvalue weighted by Gasteiger charge is -2.16. The monoisotopic (exact) mass is 433 g/mol. The number of carbonyl (C=O) groups is 2. The molecule has 30 heavy (non-hydrogen) atoms. The van der Waals surface area contributed by atoms with E-state index in [0.29, 0.717) is 24.3 Å². The number of hydroxylamine groups is 1. The van der Waals surface area contributed by atoms with Gasteiger partial charge in [0, 0.05) is 6.26 Å². The van der Waals surface area contributed by atoms with Crippen molar-refractivity contribution in [3.63, 3.8) is 0 Å². The first kappa shape index (κ1) is 21.8. The fourth-order valence-corrected chi connectivity index (χ4v) is 4.06. The molecule has 2 aromatic carbocycles. The summed E-state index contributed by atoms with van der Waals surface area (Å²) in [5.74, 6) is -0.659. The van der Waals surface area contributed by atoms with Crippen LogP contribution in [0, 0.1) is 11.3 Å². The minimum atomic E-state index is -3.27. The Morgan fingerprint density at radius 1 is 1.10 bits per heavy atom. The molecule has 2 unspecified atom stereocenters. The summed E-state index contributed by atoms with van der Waals surface area (Å²) < 4.78 is 33.9. The number of sulfone groups is 1. The second-order valence-electron chi connectivity index (χ2n) is 7.28. The van der Waals surface area contributed by atoms with Gasteiger partial charge in [0.2, 0.25) is 5.91 Å². The molecule has 1 aliphatic rings. The second-order valence-corrected chi connectivity index (χ2v) is 9.29. The molecule has 0 aromatic heterocycles. The van der Waals surface area contributed by atoms with E-state index in [1.54, 1.807) is 48.8 Å². The van der Waals surface area contributed by atoms with E-state index in [9.17, 15) is 18.0 Å². The molecule has 0 spiro atoms. The summed E-state index contributed by atoms with van der Waals surface area (Å²) in [6.45, 7) is 1.91. The van der Waals surface area contributed by atoms with Crippen LogP contribution in [0.1, 0.15) is 18.9 Å². The van der Waals surface area contributed by atoms with Crippen LogP contribution < -0.4 is 10.2 Å². The molecule has 8 nitrogen and oxygen atoms in total. The maximum atomic E-state index is 12.4. The van der Waals surface area contributed by atoms with Gasteiger partial charge < -0.3 is 9.47 Å². The zero-order valence-corrected chi connectivity index (χ0v) is 17.4. The standard InChI is InChI=1S/C21H23NO7S/c1-3-28-20(24)21(13-18(21)19(23)22-25)12-14-4-6-15(7-5-14)29-16-8-10-17(11-9-16)30(2,26)27/h4-11,18,25H,3,12-13H2,1-2H3,(H,22,23). The molecular weight excluding hydrogens is 410 g/mol. The Kier molecular flexibility index (Phi) is 6.14. The smallest absolute Gasteiger partial charge is 0.313 e. The predicted octanol–water partition coefficient (Wildman–Crippen LogP) is 2.50. The summed E-state index contributed by atoms with van der Waals surface area (Å²) >= 11 is 0. The van der Waals surface area contributed by atoms with Gasteiger partial charge in [-0.3, -0.25) is 14.8 Å². The summed E-state index contributed by atoms with van der Waals surface area (Å²) in [6, 6.07) is 13.1. The quantitative estimate of drug-likeness (QED) is 0.373. The predicted molar refractivity (Wildman–Crippen MR) is 107 cm³/mol. The van der Waals surface area contributed by atoms with Crippen LogP contribution in [0.2, 0.25) is 0 Å². The molecule has 0 aliphatic heterocycles. The molecule has 160 valence electrons. The van der Waals surface area contributed by atoms with Crippen molar-refractivity contribution in [2.75, 3.05) is 12.9 Å². The highest BCUT2D eigenvalue weighted by Crippen LogP contribution is 2.56. The molecule has 3 rings (SSSR count). The van der Waals surface area contributed by atoms with E-state index in [-0.39, 0.29) is 11.5 Å². The molecule has 1 aliphatic carbocycles. The largest absolute Gasteiger partial charge is 0.466 e. The summed E-state index contributed by atoms with van der Waals surface area (Å²) in [7, 11) is -3.27. The third-order valence-corrected chi connectivity index (χ3v) is 6.24. The minimum Gasteiger partial charge on any atom is -0.466 e. The molecule has 2 N–H and O–H groups in total. The highest BCUT2D eigenvalue weighted by atomic mass is 32.2. The molecule has 0 radical (unpaired) electrons. The van der Waals surface area contributed by atoms with Gasteiger partial charge >= 0.3 is 5.97 Å². The van der Waals surface area contributed by atoms with Crippen LogP contribution in [-0.2, 0) is 30.6 Å². The molecule has 0 saturated heterocycles. The van der Waals surface area contributed by atoms with Gasteiger partial charge in [-0.05, 0) is 61.7 Å². The molecule has 2 atom stereocenters. The van der Waals surface area contributed by atoms with Crippen molar-refractivity contribution in [1.82, 2.24) is 5.48 Å². The van der Waals surface area contributed by atoms with Crippen LogP contribution in [0.15, 0.2) is 53.4 Å². The van der Waals surface area contributed by atoms with Crippen LogP contribution in [0.25, 0.3) is 0 Å². The van der Waals surface area contributed by atoms with Gasteiger partial charge in [0.05, 0.1) is 22.8 Å². The van der Waals surface area contributed by atoms with Gasteiger partial charge in [0.1, 0.15) is 11.5 Å². The molecule has 1 fully saturated rings. The summed E-state index contributed by atoms with van der Waals surface area (Å²) in [5.41, 5.74) is 1.45. The molecule has 0 bridgehead atoms. The van der Waals surface area contributed by atoms with E-state index in [2.05, 4.69) is 0 Å². The lowest BCUT2D eigenvalue weighted by Crippen LogP contribution is -2.30. The van der Waals surface area contributed by atoms with E-state index in [1.807, 2.05) is 0 Å². The number of benzene rings is 2. The number of ether oxygens (including phenoxy) is 2. The van der Waals surface area contributed by atoms with E-state index < -0.39 is 33.0 Å². The third kappa shape index (κ3) is 4.63. The van der Waals surface area contributed by atoms with Gasteiger partial charge in [0.15, 0.2) is 9.84 Å². The van der Waals surface area contributed by atoms with Gasteiger partial charge in [0.25, 0.3) is 0 Å². The summed E-state index contributed by atoms with van der Waals surface area (Å²) in [4.78, 5) is 24.4. The Bertz CT molecular complexity index is 1030. The van der Waals surface area contributed by atoms with E-state index >= 15 is 0 Å². The number of esters is 1. The van der Waals surface area contributed by atoms with Gasteiger partial charge in [-0.1, -0.05) is 12.1 Å². The zero-order valence-electron chi connectivity index (χ0n) is 16.6. The van der Waals surface area contributed by atoms with Crippen LogP contribution in [0.5, 0.6) is 11.5 Å². The average molecular weight is 433 g/mol. The lowest BCUT2D eigenvalue weighted by atomic mass is 9.93. The minimum absolute atomic E-state index is 0.207. The normalized spacial score (nSPS) is 20.3. The zero-order chi connectivity index (χ0) is 21.9. The van der Waals surface area contributed by atoms with Crippen LogP contribution in [-0.4, -0.2) is 38.4 Å². The number of hydrogen-bond acceptors (Lipinski definition) is 7. The maximum absolute atomic E-state index is 12.4. The maximum Gasteiger partial charge on any atom is 0.313 e. The first-order valence-electron chi connectivity index (χ1n) is 9.37. The van der Waals surface area contributed by atoms with E-state index in [1.165, 1.54) is 12.1 Å². The molecule has 1 saturated carbocycles. The highest BCUT2D eigenvalue weighted by molar-refractivity contribution is 7.90. The topological polar surface area (TPSA) is 119 Å². The fraction of sp³-hybridized carbons (Fsp3) is 0.333. The number of nitrogens with one attached hydrogen (secondary N) is 1. The Labute approximate surface area is 174 Å². The molecular formula is C21H23NO7S. The Hall–Kier alpha value is -2.91. The van der Waals surface area contributed by atoms with Gasteiger partial charge in [-0.15, -0.1) is 0 Å². The second kappa shape index (κ2) is 8.45. The van der Waals surface area contributed by atoms with Crippen LogP contribution in [0.3, 0.4) is 0 Å². The molecule has 0 heterocycles. The van der Waals surface area contributed by atoms with Crippen molar-refractivity contribution in [3.05, 3.63) is 54.1 Å². The first-order valence-corrected chi connectivity index (χ1v) is 11.3. The Morgan fingerprint density at radius 2 is 1.67 bits per heavy atom. The Morgan fingerprint density at radius 3 is 2.17 bits per heavy atom. The van der Waals surface area contributed by atoms with Crippen molar-refractivity contribution in [1.29, 1.82) is 0 Å². The summed E-state index contributed by atoms with van der Waals surface area (Å²) in [6.07, 6.45) is 1.75.